The van der Waals surface area contributed by atoms with Gasteiger partial charge in [0, 0.05) is 12.2 Å². The SMILES string of the molecule is CCNc1nc(N)c(C(=O)Nc2cc(C)ccc2C)s1. The number of benzene rings is 1. The summed E-state index contributed by atoms with van der Waals surface area (Å²) < 4.78 is 0. The van der Waals surface area contributed by atoms with Gasteiger partial charge in [0.05, 0.1) is 0 Å². The van der Waals surface area contributed by atoms with Crippen LogP contribution in [-0.4, -0.2) is 17.4 Å². The summed E-state index contributed by atoms with van der Waals surface area (Å²) in [6, 6.07) is 5.93. The van der Waals surface area contributed by atoms with E-state index < -0.39 is 0 Å². The quantitative estimate of drug-likeness (QED) is 0.808. The average Bonchev–Trinajstić information content (AvgIpc) is 2.75. The molecule has 0 fully saturated rings. The smallest absolute Gasteiger partial charge is 0.269 e. The Balaban J connectivity index is 2.21. The monoisotopic (exact) mass is 290 g/mol. The minimum atomic E-state index is -0.224. The highest BCUT2D eigenvalue weighted by Crippen LogP contribution is 2.26. The van der Waals surface area contributed by atoms with Crippen LogP contribution in [0.25, 0.3) is 0 Å². The van der Waals surface area contributed by atoms with Gasteiger partial charge in [-0.1, -0.05) is 23.5 Å². The van der Waals surface area contributed by atoms with Crippen LogP contribution in [0.5, 0.6) is 0 Å². The zero-order valence-corrected chi connectivity index (χ0v) is 12.6. The normalized spacial score (nSPS) is 10.3. The van der Waals surface area contributed by atoms with Gasteiger partial charge in [0.1, 0.15) is 10.7 Å². The van der Waals surface area contributed by atoms with E-state index in [0.717, 1.165) is 23.4 Å². The fraction of sp³-hybridized carbons (Fsp3) is 0.286. The van der Waals surface area contributed by atoms with Crippen LogP contribution < -0.4 is 16.4 Å². The second-order valence-electron chi connectivity index (χ2n) is 4.54. The van der Waals surface area contributed by atoms with Gasteiger partial charge in [-0.25, -0.2) is 4.98 Å². The first-order valence-corrected chi connectivity index (χ1v) is 7.21. The fourth-order valence-corrected chi connectivity index (χ4v) is 2.62. The zero-order valence-electron chi connectivity index (χ0n) is 11.8. The molecule has 0 saturated heterocycles. The van der Waals surface area contributed by atoms with E-state index in [1.54, 1.807) is 0 Å². The van der Waals surface area contributed by atoms with E-state index >= 15 is 0 Å². The van der Waals surface area contributed by atoms with Crippen molar-refractivity contribution in [3.05, 3.63) is 34.2 Å². The summed E-state index contributed by atoms with van der Waals surface area (Å²) >= 11 is 1.26. The maximum atomic E-state index is 12.3. The Labute approximate surface area is 122 Å². The molecule has 0 aliphatic heterocycles. The lowest BCUT2D eigenvalue weighted by Crippen LogP contribution is -2.13. The summed E-state index contributed by atoms with van der Waals surface area (Å²) in [4.78, 5) is 16.8. The van der Waals surface area contributed by atoms with Crippen molar-refractivity contribution >= 4 is 33.9 Å². The van der Waals surface area contributed by atoms with Crippen LogP contribution in [0.2, 0.25) is 0 Å². The number of nitrogens with two attached hydrogens (primary N) is 1. The highest BCUT2D eigenvalue weighted by atomic mass is 32.1. The minimum Gasteiger partial charge on any atom is -0.382 e. The maximum absolute atomic E-state index is 12.3. The molecule has 0 unspecified atom stereocenters. The molecule has 1 aromatic carbocycles. The highest BCUT2D eigenvalue weighted by Gasteiger charge is 2.16. The van der Waals surface area contributed by atoms with E-state index in [1.807, 2.05) is 39.0 Å². The van der Waals surface area contributed by atoms with Crippen molar-refractivity contribution in [2.24, 2.45) is 0 Å². The van der Waals surface area contributed by atoms with E-state index in [0.29, 0.717) is 10.0 Å². The highest BCUT2D eigenvalue weighted by molar-refractivity contribution is 7.18. The average molecular weight is 290 g/mol. The van der Waals surface area contributed by atoms with Gasteiger partial charge in [-0.2, -0.15) is 0 Å². The van der Waals surface area contributed by atoms with Gasteiger partial charge in [0.15, 0.2) is 5.13 Å². The Hall–Kier alpha value is -2.08. The van der Waals surface area contributed by atoms with Crippen LogP contribution in [0.3, 0.4) is 0 Å². The van der Waals surface area contributed by atoms with Crippen LogP contribution in [0.4, 0.5) is 16.6 Å². The number of aromatic nitrogens is 1. The number of hydrogen-bond donors (Lipinski definition) is 3. The van der Waals surface area contributed by atoms with Gasteiger partial charge in [0.25, 0.3) is 5.91 Å². The lowest BCUT2D eigenvalue weighted by molar-refractivity contribution is 0.103. The number of hydrogen-bond acceptors (Lipinski definition) is 5. The van der Waals surface area contributed by atoms with E-state index in [4.69, 9.17) is 5.73 Å². The van der Waals surface area contributed by atoms with Crippen LogP contribution in [-0.2, 0) is 0 Å². The predicted molar refractivity (Wildman–Crippen MR) is 84.6 cm³/mol. The van der Waals surface area contributed by atoms with E-state index in [9.17, 15) is 4.79 Å². The number of nitrogen functional groups attached to an aromatic ring is 1. The number of anilines is 3. The van der Waals surface area contributed by atoms with Gasteiger partial charge in [0.2, 0.25) is 0 Å². The first-order chi connectivity index (χ1) is 9.51. The van der Waals surface area contributed by atoms with Crippen LogP contribution in [0.1, 0.15) is 27.7 Å². The van der Waals surface area contributed by atoms with Crippen molar-refractivity contribution in [2.75, 3.05) is 22.9 Å². The molecule has 5 nitrogen and oxygen atoms in total. The van der Waals surface area contributed by atoms with Crippen LogP contribution in [0.15, 0.2) is 18.2 Å². The van der Waals surface area contributed by atoms with Gasteiger partial charge in [-0.3, -0.25) is 4.79 Å². The van der Waals surface area contributed by atoms with Gasteiger partial charge in [-0.15, -0.1) is 0 Å². The molecule has 106 valence electrons. The number of amides is 1. The Morgan fingerprint density at radius 2 is 2.15 bits per heavy atom. The van der Waals surface area contributed by atoms with E-state index in [1.165, 1.54) is 11.3 Å². The molecule has 0 aliphatic carbocycles. The van der Waals surface area contributed by atoms with Crippen molar-refractivity contribution in [3.8, 4) is 0 Å². The molecule has 0 spiro atoms. The molecular weight excluding hydrogens is 272 g/mol. The largest absolute Gasteiger partial charge is 0.382 e. The predicted octanol–water partition coefficient (Wildman–Crippen LogP) is 3.03. The molecular formula is C14H18N4OS. The maximum Gasteiger partial charge on any atom is 0.269 e. The lowest BCUT2D eigenvalue weighted by atomic mass is 10.1. The molecule has 0 radical (unpaired) electrons. The summed E-state index contributed by atoms with van der Waals surface area (Å²) in [7, 11) is 0. The molecule has 2 aromatic rings. The molecule has 1 aromatic heterocycles. The van der Waals surface area contributed by atoms with E-state index in [2.05, 4.69) is 15.6 Å². The standard InChI is InChI=1S/C14H18N4OS/c1-4-16-14-18-12(15)11(20-14)13(19)17-10-7-8(2)5-6-9(10)3/h5-7H,4,15H2,1-3H3,(H,16,18)(H,17,19). The molecule has 0 saturated carbocycles. The first kappa shape index (κ1) is 14.3. The van der Waals surface area contributed by atoms with Gasteiger partial charge >= 0.3 is 0 Å². The summed E-state index contributed by atoms with van der Waals surface area (Å²) in [5, 5.41) is 6.61. The second-order valence-corrected chi connectivity index (χ2v) is 5.54. The number of nitrogens with one attached hydrogen (secondary N) is 2. The third-order valence-electron chi connectivity index (χ3n) is 2.83. The minimum absolute atomic E-state index is 0.224. The Morgan fingerprint density at radius 1 is 1.40 bits per heavy atom. The molecule has 0 aliphatic rings. The Bertz CT molecular complexity index is 636. The number of aryl methyl sites for hydroxylation is 2. The van der Waals surface area contributed by atoms with Crippen LogP contribution >= 0.6 is 11.3 Å². The number of nitrogens with zero attached hydrogens (tertiary/aromatic N) is 1. The Kier molecular flexibility index (Phi) is 4.24. The number of thiazole rings is 1. The molecule has 2 rings (SSSR count). The van der Waals surface area contributed by atoms with Crippen LogP contribution in [0, 0.1) is 13.8 Å². The van der Waals surface area contributed by atoms with Crippen molar-refractivity contribution in [1.82, 2.24) is 4.98 Å². The summed E-state index contributed by atoms with van der Waals surface area (Å²) in [5.41, 5.74) is 8.70. The number of carbonyl (C=O) groups excluding carboxylic acids is 1. The molecule has 0 atom stereocenters. The summed E-state index contributed by atoms with van der Waals surface area (Å²) in [5.74, 6) is 0.0339. The molecule has 1 amide bonds. The topological polar surface area (TPSA) is 80.0 Å². The van der Waals surface area contributed by atoms with Crippen molar-refractivity contribution in [3.63, 3.8) is 0 Å². The van der Waals surface area contributed by atoms with E-state index in [-0.39, 0.29) is 11.7 Å². The Morgan fingerprint density at radius 3 is 2.85 bits per heavy atom. The second kappa shape index (κ2) is 5.92. The third-order valence-corrected chi connectivity index (χ3v) is 3.86. The first-order valence-electron chi connectivity index (χ1n) is 6.40. The lowest BCUT2D eigenvalue weighted by Gasteiger charge is -2.08. The molecule has 20 heavy (non-hydrogen) atoms. The number of carbonyl (C=O) groups is 1. The van der Waals surface area contributed by atoms with Gasteiger partial charge < -0.3 is 16.4 Å². The third kappa shape index (κ3) is 3.08. The molecule has 0 bridgehead atoms. The molecule has 1 heterocycles. The van der Waals surface area contributed by atoms with Crippen molar-refractivity contribution < 1.29 is 4.79 Å². The summed E-state index contributed by atoms with van der Waals surface area (Å²) in [6.45, 7) is 6.65. The number of rotatable bonds is 4. The van der Waals surface area contributed by atoms with Gasteiger partial charge in [-0.05, 0) is 38.0 Å². The zero-order chi connectivity index (χ0) is 14.7. The molecule has 4 N–H and O–H groups in total. The summed E-state index contributed by atoms with van der Waals surface area (Å²) in [6.07, 6.45) is 0. The fourth-order valence-electron chi connectivity index (χ4n) is 1.77. The van der Waals surface area contributed by atoms with Crippen molar-refractivity contribution in [2.45, 2.75) is 20.8 Å². The molecule has 6 heteroatoms. The van der Waals surface area contributed by atoms with Crippen molar-refractivity contribution in [1.29, 1.82) is 0 Å².